The van der Waals surface area contributed by atoms with E-state index in [1.54, 1.807) is 0 Å². The van der Waals surface area contributed by atoms with Gasteiger partial charge in [0.1, 0.15) is 0 Å². The largest absolute Gasteiger partial charge is 0.272 e. The van der Waals surface area contributed by atoms with Crippen molar-refractivity contribution >= 4 is 22.1 Å². The van der Waals surface area contributed by atoms with Crippen molar-refractivity contribution in [2.24, 2.45) is 5.10 Å². The molecule has 1 amide bonds. The lowest BCUT2D eigenvalue weighted by Gasteiger charge is -2.18. The van der Waals surface area contributed by atoms with Crippen LogP contribution in [0.1, 0.15) is 23.6 Å². The average Bonchev–Trinajstić information content (AvgIpc) is 2.65. The van der Waals surface area contributed by atoms with Crippen LogP contribution in [0.3, 0.4) is 0 Å². The first-order valence-corrected chi connectivity index (χ1v) is 10.6. The molecule has 0 aliphatic rings. The summed E-state index contributed by atoms with van der Waals surface area (Å²) in [7, 11) is -3.49. The number of hydrogen-bond donors (Lipinski definition) is 1. The number of nitrogens with one attached hydrogen (secondary N) is 1. The molecule has 0 saturated carbocycles. The molecule has 0 spiro atoms. The number of carbonyl (C=O) groups excluding carboxylic acids is 1. The molecule has 7 heteroatoms. The van der Waals surface area contributed by atoms with E-state index in [9.17, 15) is 13.2 Å². The molecule has 0 fully saturated rings. The predicted molar refractivity (Wildman–Crippen MR) is 108 cm³/mol. The van der Waals surface area contributed by atoms with Gasteiger partial charge in [-0.15, -0.1) is 0 Å². The summed E-state index contributed by atoms with van der Waals surface area (Å²) < 4.78 is 25.1. The third-order valence-corrected chi connectivity index (χ3v) is 5.32. The summed E-state index contributed by atoms with van der Waals surface area (Å²) in [4.78, 5) is 12.1. The van der Waals surface area contributed by atoms with Gasteiger partial charge >= 0.3 is 0 Å². The Hall–Kier alpha value is -2.51. The number of hydrogen-bond acceptors (Lipinski definition) is 4. The van der Waals surface area contributed by atoms with E-state index in [0.717, 1.165) is 28.1 Å². The van der Waals surface area contributed by atoms with E-state index in [4.69, 9.17) is 0 Å². The van der Waals surface area contributed by atoms with Crippen molar-refractivity contribution in [2.45, 2.75) is 19.8 Å². The van der Waals surface area contributed by atoms with Gasteiger partial charge in [0.05, 0.1) is 19.0 Å². The maximum absolute atomic E-state index is 12.1. The highest BCUT2D eigenvalue weighted by molar-refractivity contribution is 7.88. The molecule has 2 aromatic carbocycles. The fourth-order valence-electron chi connectivity index (χ4n) is 2.47. The Kier molecular flexibility index (Phi) is 7.69. The fraction of sp³-hybridized carbons (Fsp3) is 0.300. The summed E-state index contributed by atoms with van der Waals surface area (Å²) in [6, 6.07) is 17.4. The summed E-state index contributed by atoms with van der Waals surface area (Å²) in [5, 5.41) is 3.90. The van der Waals surface area contributed by atoms with Crippen LogP contribution in [-0.4, -0.2) is 44.2 Å². The van der Waals surface area contributed by atoms with Gasteiger partial charge in [-0.05, 0) is 29.5 Å². The molecule has 0 heterocycles. The smallest absolute Gasteiger partial charge is 0.255 e. The third kappa shape index (κ3) is 7.32. The van der Waals surface area contributed by atoms with Gasteiger partial charge < -0.3 is 0 Å². The Morgan fingerprint density at radius 2 is 1.74 bits per heavy atom. The van der Waals surface area contributed by atoms with E-state index in [1.807, 2.05) is 54.6 Å². The number of benzene rings is 2. The Bertz CT molecular complexity index is 863. The van der Waals surface area contributed by atoms with Gasteiger partial charge in [0.15, 0.2) is 0 Å². The summed E-state index contributed by atoms with van der Waals surface area (Å²) in [6.45, 7) is 2.05. The minimum absolute atomic E-state index is 0.235. The van der Waals surface area contributed by atoms with Crippen LogP contribution in [0.15, 0.2) is 59.7 Å². The zero-order valence-electron chi connectivity index (χ0n) is 15.6. The topological polar surface area (TPSA) is 78.8 Å². The van der Waals surface area contributed by atoms with E-state index in [1.165, 1.54) is 11.8 Å². The molecule has 144 valence electrons. The second kappa shape index (κ2) is 9.99. The number of sulfonamides is 1. The van der Waals surface area contributed by atoms with Crippen molar-refractivity contribution in [1.82, 2.24) is 9.73 Å². The summed E-state index contributed by atoms with van der Waals surface area (Å²) >= 11 is 0. The lowest BCUT2D eigenvalue weighted by Crippen LogP contribution is -2.40. The molecule has 0 unspecified atom stereocenters. The molecule has 27 heavy (non-hydrogen) atoms. The Morgan fingerprint density at radius 3 is 2.33 bits per heavy atom. The van der Waals surface area contributed by atoms with Crippen LogP contribution in [0.4, 0.5) is 0 Å². The van der Waals surface area contributed by atoms with Crippen molar-refractivity contribution in [3.63, 3.8) is 0 Å². The fourth-order valence-corrected chi connectivity index (χ4v) is 3.25. The van der Waals surface area contributed by atoms with Crippen LogP contribution in [0, 0.1) is 0 Å². The first kappa shape index (κ1) is 20.8. The average molecular weight is 388 g/mol. The predicted octanol–water partition coefficient (Wildman–Crippen LogP) is 2.20. The molecule has 0 aliphatic carbocycles. The Labute approximate surface area is 161 Å². The summed E-state index contributed by atoms with van der Waals surface area (Å²) in [6.07, 6.45) is 4.13. The van der Waals surface area contributed by atoms with Crippen LogP contribution in [0.2, 0.25) is 0 Å². The molecule has 0 aromatic heterocycles. The van der Waals surface area contributed by atoms with Crippen LogP contribution >= 0.6 is 0 Å². The minimum atomic E-state index is -3.49. The van der Waals surface area contributed by atoms with Gasteiger partial charge in [-0.3, -0.25) is 4.79 Å². The molecule has 2 aromatic rings. The van der Waals surface area contributed by atoms with Crippen LogP contribution in [-0.2, 0) is 27.7 Å². The highest BCUT2D eigenvalue weighted by Crippen LogP contribution is 2.05. The number of nitrogens with zero attached hydrogens (tertiary/aromatic N) is 2. The first-order valence-electron chi connectivity index (χ1n) is 8.78. The number of carbonyl (C=O) groups is 1. The number of amides is 1. The minimum Gasteiger partial charge on any atom is -0.272 e. The van der Waals surface area contributed by atoms with Crippen molar-refractivity contribution in [3.05, 3.63) is 71.3 Å². The Balaban J connectivity index is 1.89. The molecule has 2 rings (SSSR count). The lowest BCUT2D eigenvalue weighted by atomic mass is 10.1. The standard InChI is InChI=1S/C20H25N3O3S/c1-3-17-9-11-19(12-10-17)15-21-22-20(24)16-23(27(2,25)26)14-13-18-7-5-4-6-8-18/h4-12,15H,3,13-14,16H2,1-2H3,(H,22,24)/b21-15+. The SMILES string of the molecule is CCc1ccc(/C=N/NC(=O)CN(CCc2ccccc2)S(C)(=O)=O)cc1. The number of hydrazone groups is 1. The molecule has 0 radical (unpaired) electrons. The van der Waals surface area contributed by atoms with Crippen molar-refractivity contribution in [2.75, 3.05) is 19.3 Å². The van der Waals surface area contributed by atoms with Crippen molar-refractivity contribution in [3.8, 4) is 0 Å². The summed E-state index contributed by atoms with van der Waals surface area (Å²) in [5.74, 6) is -0.477. The van der Waals surface area contributed by atoms with Gasteiger partial charge in [-0.25, -0.2) is 13.8 Å². The van der Waals surface area contributed by atoms with E-state index in [2.05, 4.69) is 17.5 Å². The van der Waals surface area contributed by atoms with Crippen molar-refractivity contribution < 1.29 is 13.2 Å². The zero-order chi connectivity index (χ0) is 19.7. The van der Waals surface area contributed by atoms with Gasteiger partial charge in [-0.1, -0.05) is 61.5 Å². The van der Waals surface area contributed by atoms with Crippen LogP contribution in [0.25, 0.3) is 0 Å². The number of rotatable bonds is 9. The summed E-state index contributed by atoms with van der Waals surface area (Å²) in [5.41, 5.74) is 5.48. The van der Waals surface area contributed by atoms with E-state index in [0.29, 0.717) is 6.42 Å². The molecule has 0 atom stereocenters. The van der Waals surface area contributed by atoms with Gasteiger partial charge in [0.2, 0.25) is 10.0 Å². The molecule has 1 N–H and O–H groups in total. The molecule has 0 bridgehead atoms. The molecule has 6 nitrogen and oxygen atoms in total. The van der Waals surface area contributed by atoms with Gasteiger partial charge in [-0.2, -0.15) is 9.41 Å². The molecule has 0 saturated heterocycles. The number of aryl methyl sites for hydroxylation is 1. The van der Waals surface area contributed by atoms with Crippen LogP contribution in [0.5, 0.6) is 0 Å². The molecule has 0 aliphatic heterocycles. The van der Waals surface area contributed by atoms with E-state index in [-0.39, 0.29) is 13.1 Å². The van der Waals surface area contributed by atoms with E-state index >= 15 is 0 Å². The normalized spacial score (nSPS) is 11.8. The monoisotopic (exact) mass is 387 g/mol. The van der Waals surface area contributed by atoms with Crippen molar-refractivity contribution in [1.29, 1.82) is 0 Å². The maximum atomic E-state index is 12.1. The second-order valence-corrected chi connectivity index (χ2v) is 8.20. The van der Waals surface area contributed by atoms with Crippen LogP contribution < -0.4 is 5.43 Å². The highest BCUT2D eigenvalue weighted by atomic mass is 32.2. The van der Waals surface area contributed by atoms with Gasteiger partial charge in [0.25, 0.3) is 5.91 Å². The third-order valence-electron chi connectivity index (χ3n) is 4.07. The Morgan fingerprint density at radius 1 is 1.07 bits per heavy atom. The highest BCUT2D eigenvalue weighted by Gasteiger charge is 2.19. The maximum Gasteiger partial charge on any atom is 0.255 e. The lowest BCUT2D eigenvalue weighted by molar-refractivity contribution is -0.121. The quantitative estimate of drug-likeness (QED) is 0.529. The molecular formula is C20H25N3O3S. The van der Waals surface area contributed by atoms with Gasteiger partial charge in [0, 0.05) is 6.54 Å². The molecular weight excluding hydrogens is 362 g/mol. The first-order chi connectivity index (χ1) is 12.9. The zero-order valence-corrected chi connectivity index (χ0v) is 16.4. The van der Waals surface area contributed by atoms with E-state index < -0.39 is 15.9 Å². The second-order valence-electron chi connectivity index (χ2n) is 6.22.